The Morgan fingerprint density at radius 2 is 1.82 bits per heavy atom. The Balaban J connectivity index is 1.77. The fraction of sp³-hybridized carbons (Fsp3) is 0.0769. The Morgan fingerprint density at radius 3 is 2.58 bits per heavy atom. The van der Waals surface area contributed by atoms with Crippen molar-refractivity contribution in [3.8, 4) is 5.75 Å². The fourth-order valence-corrected chi connectivity index (χ4v) is 4.38. The topological polar surface area (TPSA) is 80.0 Å². The predicted octanol–water partition coefficient (Wildman–Crippen LogP) is 5.72. The highest BCUT2D eigenvalue weighted by molar-refractivity contribution is 6.52. The van der Waals surface area contributed by atoms with E-state index in [1.165, 1.54) is 24.3 Å². The first-order chi connectivity index (χ1) is 16.0. The first-order valence-electron chi connectivity index (χ1n) is 10.2. The molecule has 164 valence electrons. The molecule has 0 saturated carbocycles. The van der Waals surface area contributed by atoms with E-state index in [0.29, 0.717) is 17.2 Å². The third kappa shape index (κ3) is 3.36. The van der Waals surface area contributed by atoms with Gasteiger partial charge in [-0.15, -0.1) is 0 Å². The number of anilines is 1. The molecule has 5 rings (SSSR count). The minimum atomic E-state index is -0.979. The van der Waals surface area contributed by atoms with E-state index >= 15 is 0 Å². The van der Waals surface area contributed by atoms with Crippen molar-refractivity contribution < 1.29 is 23.8 Å². The number of halogens is 1. The largest absolute Gasteiger partial charge is 0.507 e. The van der Waals surface area contributed by atoms with E-state index in [0.717, 1.165) is 10.8 Å². The van der Waals surface area contributed by atoms with Crippen molar-refractivity contribution in [3.63, 3.8) is 0 Å². The molecule has 1 aliphatic rings. The number of ketones is 1. The van der Waals surface area contributed by atoms with Gasteiger partial charge in [-0.2, -0.15) is 0 Å². The second kappa shape index (κ2) is 8.15. The molecule has 1 amide bonds. The van der Waals surface area contributed by atoms with Gasteiger partial charge in [0.25, 0.3) is 11.7 Å². The van der Waals surface area contributed by atoms with E-state index < -0.39 is 23.5 Å². The number of amides is 1. The number of carbonyl (C=O) groups excluding carboxylic acids is 2. The number of hydrogen-bond acceptors (Lipinski definition) is 5. The number of furan rings is 1. The van der Waals surface area contributed by atoms with Gasteiger partial charge in [0.2, 0.25) is 0 Å². The van der Waals surface area contributed by atoms with Crippen molar-refractivity contribution in [2.45, 2.75) is 6.04 Å². The van der Waals surface area contributed by atoms with Gasteiger partial charge in [-0.1, -0.05) is 48.0 Å². The summed E-state index contributed by atoms with van der Waals surface area (Å²) >= 11 is 6.33. The molecule has 1 unspecified atom stereocenters. The number of benzene rings is 3. The number of nitrogens with zero attached hydrogens (tertiary/aromatic N) is 1. The highest BCUT2D eigenvalue weighted by atomic mass is 35.5. The van der Waals surface area contributed by atoms with Gasteiger partial charge in [0, 0.05) is 10.9 Å². The molecular formula is C26H18ClNO5. The van der Waals surface area contributed by atoms with Crippen LogP contribution in [0, 0.1) is 0 Å². The lowest BCUT2D eigenvalue weighted by atomic mass is 9.98. The van der Waals surface area contributed by atoms with Crippen LogP contribution in [0.1, 0.15) is 17.4 Å². The first-order valence-corrected chi connectivity index (χ1v) is 10.5. The van der Waals surface area contributed by atoms with Crippen LogP contribution in [0.3, 0.4) is 0 Å². The molecule has 7 heteroatoms. The minimum Gasteiger partial charge on any atom is -0.507 e. The van der Waals surface area contributed by atoms with Crippen molar-refractivity contribution in [3.05, 3.63) is 101 Å². The van der Waals surface area contributed by atoms with Crippen molar-refractivity contribution in [2.24, 2.45) is 0 Å². The maximum absolute atomic E-state index is 13.3. The summed E-state index contributed by atoms with van der Waals surface area (Å²) in [5.41, 5.74) is 0.605. The van der Waals surface area contributed by atoms with Crippen molar-refractivity contribution in [1.29, 1.82) is 0 Å². The molecular weight excluding hydrogens is 442 g/mol. The second-order valence-corrected chi connectivity index (χ2v) is 7.94. The number of aliphatic hydroxyl groups is 1. The van der Waals surface area contributed by atoms with Crippen LogP contribution >= 0.6 is 11.6 Å². The first kappa shape index (κ1) is 20.8. The van der Waals surface area contributed by atoms with E-state index in [9.17, 15) is 14.7 Å². The molecule has 0 bridgehead atoms. The number of aliphatic hydroxyl groups excluding tert-OH is 1. The van der Waals surface area contributed by atoms with Crippen molar-refractivity contribution in [2.75, 3.05) is 12.0 Å². The summed E-state index contributed by atoms with van der Waals surface area (Å²) in [6.07, 6.45) is 1.46. The molecule has 1 N–H and O–H groups in total. The lowest BCUT2D eigenvalue weighted by Crippen LogP contribution is -2.29. The molecule has 1 aromatic heterocycles. The van der Waals surface area contributed by atoms with Crippen LogP contribution < -0.4 is 9.64 Å². The normalized spacial score (nSPS) is 17.6. The monoisotopic (exact) mass is 459 g/mol. The Morgan fingerprint density at radius 1 is 1.03 bits per heavy atom. The van der Waals surface area contributed by atoms with Gasteiger partial charge in [-0.3, -0.25) is 14.5 Å². The summed E-state index contributed by atoms with van der Waals surface area (Å²) in [5.74, 6) is -1.23. The number of ether oxygens (including phenoxy) is 1. The second-order valence-electron chi connectivity index (χ2n) is 7.53. The summed E-state index contributed by atoms with van der Waals surface area (Å²) in [6, 6.07) is 20.1. The quantitative estimate of drug-likeness (QED) is 0.240. The molecule has 1 aliphatic heterocycles. The van der Waals surface area contributed by atoms with E-state index in [4.69, 9.17) is 20.8 Å². The van der Waals surface area contributed by atoms with E-state index in [1.807, 2.05) is 36.4 Å². The molecule has 2 heterocycles. The molecule has 1 saturated heterocycles. The smallest absolute Gasteiger partial charge is 0.300 e. The van der Waals surface area contributed by atoms with Crippen LogP contribution in [0.5, 0.6) is 5.75 Å². The maximum atomic E-state index is 13.3. The zero-order chi connectivity index (χ0) is 23.1. The van der Waals surface area contributed by atoms with Gasteiger partial charge in [-0.25, -0.2) is 0 Å². The molecule has 6 nitrogen and oxygen atoms in total. The lowest BCUT2D eigenvalue weighted by molar-refractivity contribution is -0.132. The SMILES string of the molecule is COc1ccc(Cl)c(/C(O)=C2/C(=O)C(=O)N(c3cccc4ccccc34)C2c2ccco2)c1. The standard InChI is InChI=1S/C26H18ClNO5/c1-32-16-11-12-19(27)18(14-16)24(29)22-23(21-10-5-13-33-21)28(26(31)25(22)30)20-9-4-7-15-6-2-3-8-17(15)20/h2-14,23,29H,1H3/b24-22-. The Kier molecular flexibility index (Phi) is 5.15. The van der Waals surface area contributed by atoms with Crippen LogP contribution in [0.4, 0.5) is 5.69 Å². The molecule has 33 heavy (non-hydrogen) atoms. The Bertz CT molecular complexity index is 1420. The summed E-state index contributed by atoms with van der Waals surface area (Å²) in [6.45, 7) is 0. The number of fused-ring (bicyclic) bond motifs is 1. The number of carbonyl (C=O) groups is 2. The molecule has 1 fully saturated rings. The molecule has 0 spiro atoms. The number of methoxy groups -OCH3 is 1. The molecule has 1 atom stereocenters. The molecule has 0 aliphatic carbocycles. The summed E-state index contributed by atoms with van der Waals surface area (Å²) in [4.78, 5) is 28.0. The van der Waals surface area contributed by atoms with Crippen LogP contribution in [0.25, 0.3) is 16.5 Å². The van der Waals surface area contributed by atoms with Gasteiger partial charge in [0.05, 0.1) is 29.7 Å². The van der Waals surface area contributed by atoms with Crippen LogP contribution in [-0.4, -0.2) is 23.9 Å². The predicted molar refractivity (Wildman–Crippen MR) is 125 cm³/mol. The van der Waals surface area contributed by atoms with E-state index in [-0.39, 0.29) is 16.2 Å². The summed E-state index contributed by atoms with van der Waals surface area (Å²) in [5, 5.41) is 13.2. The molecule has 0 radical (unpaired) electrons. The molecule has 4 aromatic rings. The Labute approximate surface area is 194 Å². The summed E-state index contributed by atoms with van der Waals surface area (Å²) < 4.78 is 10.9. The van der Waals surface area contributed by atoms with E-state index in [1.54, 1.807) is 30.3 Å². The van der Waals surface area contributed by atoms with Gasteiger partial charge >= 0.3 is 0 Å². The zero-order valence-corrected chi connectivity index (χ0v) is 18.2. The fourth-order valence-electron chi connectivity index (χ4n) is 4.17. The van der Waals surface area contributed by atoms with E-state index in [2.05, 4.69) is 0 Å². The highest BCUT2D eigenvalue weighted by Gasteiger charge is 2.48. The van der Waals surface area contributed by atoms with Crippen molar-refractivity contribution in [1.82, 2.24) is 0 Å². The van der Waals surface area contributed by atoms with Gasteiger partial charge in [-0.05, 0) is 41.8 Å². The van der Waals surface area contributed by atoms with Crippen molar-refractivity contribution >= 4 is 45.5 Å². The van der Waals surface area contributed by atoms with Gasteiger partial charge < -0.3 is 14.3 Å². The number of rotatable bonds is 4. The summed E-state index contributed by atoms with van der Waals surface area (Å²) in [7, 11) is 1.48. The van der Waals surface area contributed by atoms with Crippen LogP contribution in [0.2, 0.25) is 5.02 Å². The van der Waals surface area contributed by atoms with Crippen LogP contribution in [0.15, 0.2) is 89.0 Å². The van der Waals surface area contributed by atoms with Gasteiger partial charge in [0.15, 0.2) is 0 Å². The minimum absolute atomic E-state index is 0.113. The third-order valence-corrected chi connectivity index (χ3v) is 6.04. The zero-order valence-electron chi connectivity index (χ0n) is 17.5. The average molecular weight is 460 g/mol. The molecule has 3 aromatic carbocycles. The lowest BCUT2D eigenvalue weighted by Gasteiger charge is -2.24. The maximum Gasteiger partial charge on any atom is 0.300 e. The average Bonchev–Trinajstić information content (AvgIpc) is 3.45. The Hall–Kier alpha value is -4.03. The number of hydrogen-bond donors (Lipinski definition) is 1. The third-order valence-electron chi connectivity index (χ3n) is 5.71. The highest BCUT2D eigenvalue weighted by Crippen LogP contribution is 2.45. The van der Waals surface area contributed by atoms with Gasteiger partial charge in [0.1, 0.15) is 23.3 Å². The van der Waals surface area contributed by atoms with Crippen LogP contribution in [-0.2, 0) is 9.59 Å². The number of Topliss-reactive ketones (excluding diaryl/α,β-unsaturated/α-hetero) is 1.